The first-order valence-corrected chi connectivity index (χ1v) is 3.88. The number of carbonyl (C=O) groups is 2. The summed E-state index contributed by atoms with van der Waals surface area (Å²) < 4.78 is 4.55. The van der Waals surface area contributed by atoms with Crippen LogP contribution in [0.25, 0.3) is 0 Å². The van der Waals surface area contributed by atoms with Crippen molar-refractivity contribution in [1.82, 2.24) is 4.81 Å². The minimum Gasteiger partial charge on any atom is -0.477 e. The first-order valence-electron chi connectivity index (χ1n) is 3.88. The van der Waals surface area contributed by atoms with E-state index in [2.05, 4.69) is 4.74 Å². The van der Waals surface area contributed by atoms with Crippen LogP contribution in [0.3, 0.4) is 0 Å². The molecule has 0 aromatic heterocycles. The van der Waals surface area contributed by atoms with E-state index in [9.17, 15) is 9.59 Å². The predicted molar refractivity (Wildman–Crippen MR) is 42.7 cm³/mol. The van der Waals surface area contributed by atoms with Crippen molar-refractivity contribution in [3.05, 3.63) is 0 Å². The van der Waals surface area contributed by atoms with Gasteiger partial charge < -0.3 is 14.9 Å². The summed E-state index contributed by atoms with van der Waals surface area (Å²) in [4.78, 5) is 22.5. The lowest BCUT2D eigenvalue weighted by Crippen LogP contribution is -2.54. The monoisotopic (exact) mass is 187 g/mol. The average Bonchev–Trinajstić information content (AvgIpc) is 2.03. The molecule has 1 rings (SSSR count). The van der Waals surface area contributed by atoms with Crippen molar-refractivity contribution in [2.24, 2.45) is 0 Å². The summed E-state index contributed by atoms with van der Waals surface area (Å²) in [6, 6.07) is 0. The number of ether oxygens (including phenoxy) is 1. The van der Waals surface area contributed by atoms with Crippen molar-refractivity contribution < 1.29 is 24.5 Å². The number of esters is 1. The predicted octanol–water partition coefficient (Wildman–Crippen LogP) is -1.24. The minimum absolute atomic E-state index is 0.106. The van der Waals surface area contributed by atoms with E-state index in [1.807, 2.05) is 0 Å². The molecule has 0 bridgehead atoms. The molecule has 0 aromatic carbocycles. The van der Waals surface area contributed by atoms with Crippen LogP contribution in [0.4, 0.5) is 0 Å². The standard InChI is InChI=1S/C6H10BNO5/c1-7(12)8-3-2-4(9)13-5(8)6(10)11/h5,12H,2-3H2,1H3,(H,10,11)/t5-/m1/s1. The molecule has 1 fully saturated rings. The smallest absolute Gasteiger partial charge is 0.379 e. The number of hydrogen-bond acceptors (Lipinski definition) is 5. The highest BCUT2D eigenvalue weighted by molar-refractivity contribution is 6.45. The number of rotatable bonds is 2. The third-order valence-electron chi connectivity index (χ3n) is 1.81. The normalized spacial score (nSPS) is 23.8. The number of aliphatic carboxylic acids is 1. The van der Waals surface area contributed by atoms with Crippen molar-refractivity contribution in [2.45, 2.75) is 19.5 Å². The van der Waals surface area contributed by atoms with Crippen LogP contribution in [-0.4, -0.2) is 46.7 Å². The molecule has 0 unspecified atom stereocenters. The van der Waals surface area contributed by atoms with Crippen molar-refractivity contribution in [1.29, 1.82) is 0 Å². The Labute approximate surface area is 75.2 Å². The zero-order valence-electron chi connectivity index (χ0n) is 7.14. The summed E-state index contributed by atoms with van der Waals surface area (Å²) in [6.07, 6.45) is -1.25. The molecule has 0 radical (unpaired) electrons. The highest BCUT2D eigenvalue weighted by atomic mass is 16.6. The van der Waals surface area contributed by atoms with E-state index in [0.29, 0.717) is 0 Å². The first-order chi connectivity index (χ1) is 6.02. The molecule has 0 aromatic rings. The third-order valence-corrected chi connectivity index (χ3v) is 1.81. The molecule has 72 valence electrons. The molecule has 0 spiro atoms. The van der Waals surface area contributed by atoms with Crippen LogP contribution in [0.2, 0.25) is 6.82 Å². The quantitative estimate of drug-likeness (QED) is 0.415. The van der Waals surface area contributed by atoms with Gasteiger partial charge in [-0.2, -0.15) is 0 Å². The maximum absolute atomic E-state index is 10.8. The van der Waals surface area contributed by atoms with Gasteiger partial charge >= 0.3 is 19.0 Å². The van der Waals surface area contributed by atoms with Gasteiger partial charge in [-0.25, -0.2) is 4.79 Å². The lowest BCUT2D eigenvalue weighted by atomic mass is 9.84. The van der Waals surface area contributed by atoms with Crippen molar-refractivity contribution in [3.63, 3.8) is 0 Å². The van der Waals surface area contributed by atoms with Gasteiger partial charge in [0.1, 0.15) is 0 Å². The number of cyclic esters (lactones) is 1. The molecule has 1 aliphatic heterocycles. The molecule has 0 amide bonds. The van der Waals surface area contributed by atoms with E-state index >= 15 is 0 Å². The Morgan fingerprint density at radius 3 is 2.85 bits per heavy atom. The van der Waals surface area contributed by atoms with Gasteiger partial charge in [0.05, 0.1) is 6.42 Å². The summed E-state index contributed by atoms with van der Waals surface area (Å²) in [6.45, 7) is 1.63. The summed E-state index contributed by atoms with van der Waals surface area (Å²) in [7, 11) is -0.936. The van der Waals surface area contributed by atoms with Crippen LogP contribution in [0.15, 0.2) is 0 Å². The maximum atomic E-state index is 10.8. The average molecular weight is 187 g/mol. The maximum Gasteiger partial charge on any atom is 0.379 e. The summed E-state index contributed by atoms with van der Waals surface area (Å²) in [5.41, 5.74) is 0. The van der Waals surface area contributed by atoms with E-state index in [1.165, 1.54) is 11.6 Å². The largest absolute Gasteiger partial charge is 0.477 e. The van der Waals surface area contributed by atoms with E-state index in [1.54, 1.807) is 0 Å². The molecular formula is C6H10BNO5. The van der Waals surface area contributed by atoms with Crippen LogP contribution in [0, 0.1) is 0 Å². The molecule has 1 aliphatic rings. The number of carboxylic acid groups (broad SMARTS) is 1. The highest BCUT2D eigenvalue weighted by Crippen LogP contribution is 2.12. The van der Waals surface area contributed by atoms with E-state index in [0.717, 1.165) is 0 Å². The molecule has 0 saturated carbocycles. The zero-order valence-corrected chi connectivity index (χ0v) is 7.14. The van der Waals surface area contributed by atoms with Crippen LogP contribution in [-0.2, 0) is 14.3 Å². The molecule has 1 atom stereocenters. The van der Waals surface area contributed by atoms with Crippen LogP contribution in [0.1, 0.15) is 6.42 Å². The van der Waals surface area contributed by atoms with E-state index < -0.39 is 25.2 Å². The van der Waals surface area contributed by atoms with Gasteiger partial charge in [-0.15, -0.1) is 0 Å². The Balaban J connectivity index is 2.71. The third kappa shape index (κ3) is 2.19. The van der Waals surface area contributed by atoms with Gasteiger partial charge in [-0.05, 0) is 6.82 Å². The molecular weight excluding hydrogens is 177 g/mol. The fourth-order valence-electron chi connectivity index (χ4n) is 1.16. The second kappa shape index (κ2) is 3.76. The Morgan fingerprint density at radius 2 is 2.38 bits per heavy atom. The van der Waals surface area contributed by atoms with Gasteiger partial charge in [0.25, 0.3) is 0 Å². The van der Waals surface area contributed by atoms with Crippen molar-refractivity contribution in [2.75, 3.05) is 6.54 Å². The van der Waals surface area contributed by atoms with Gasteiger partial charge in [-0.3, -0.25) is 9.61 Å². The fraction of sp³-hybridized carbons (Fsp3) is 0.667. The minimum atomic E-state index is -1.36. The lowest BCUT2D eigenvalue weighted by molar-refractivity contribution is -0.179. The number of carbonyl (C=O) groups excluding carboxylic acids is 1. The second-order valence-corrected chi connectivity index (χ2v) is 2.80. The fourth-order valence-corrected chi connectivity index (χ4v) is 1.16. The zero-order chi connectivity index (χ0) is 10.0. The molecule has 7 heteroatoms. The number of nitrogens with zero attached hydrogens (tertiary/aromatic N) is 1. The Kier molecular flexibility index (Phi) is 2.89. The molecule has 13 heavy (non-hydrogen) atoms. The van der Waals surface area contributed by atoms with Crippen LogP contribution < -0.4 is 0 Å². The van der Waals surface area contributed by atoms with Gasteiger partial charge in [0.2, 0.25) is 6.23 Å². The Hall–Kier alpha value is -1.08. The summed E-state index contributed by atoms with van der Waals surface area (Å²) >= 11 is 0. The summed E-state index contributed by atoms with van der Waals surface area (Å²) in [5, 5.41) is 17.8. The Bertz CT molecular complexity index is 231. The molecule has 1 saturated heterocycles. The molecule has 2 N–H and O–H groups in total. The Morgan fingerprint density at radius 1 is 1.77 bits per heavy atom. The van der Waals surface area contributed by atoms with Crippen LogP contribution in [0.5, 0.6) is 0 Å². The molecule has 6 nitrogen and oxygen atoms in total. The van der Waals surface area contributed by atoms with Gasteiger partial charge in [0, 0.05) is 6.54 Å². The highest BCUT2D eigenvalue weighted by Gasteiger charge is 2.37. The second-order valence-electron chi connectivity index (χ2n) is 2.80. The van der Waals surface area contributed by atoms with Gasteiger partial charge in [0.15, 0.2) is 0 Å². The molecule has 1 heterocycles. The SMILES string of the molecule is CB(O)N1CCC(=O)O[C@@H]1C(=O)O. The summed E-state index contributed by atoms with van der Waals surface area (Å²) in [5.74, 6) is -1.82. The topological polar surface area (TPSA) is 87.1 Å². The number of hydrogen-bond donors (Lipinski definition) is 2. The molecule has 0 aliphatic carbocycles. The van der Waals surface area contributed by atoms with Crippen molar-refractivity contribution in [3.8, 4) is 0 Å². The van der Waals surface area contributed by atoms with E-state index in [4.69, 9.17) is 10.1 Å². The van der Waals surface area contributed by atoms with Crippen LogP contribution >= 0.6 is 0 Å². The van der Waals surface area contributed by atoms with Gasteiger partial charge in [-0.1, -0.05) is 0 Å². The lowest BCUT2D eigenvalue weighted by Gasteiger charge is -2.32. The van der Waals surface area contributed by atoms with E-state index in [-0.39, 0.29) is 13.0 Å². The van der Waals surface area contributed by atoms with Crippen molar-refractivity contribution >= 4 is 19.0 Å². The number of carboxylic acids is 1. The first kappa shape index (κ1) is 10.0.